The fourth-order valence-electron chi connectivity index (χ4n) is 4.47. The Balaban J connectivity index is 1.43. The molecule has 172 valence electrons. The number of fused-ring (bicyclic) bond motifs is 2. The fraction of sp³-hybridized carbons (Fsp3) is 0.185. The summed E-state index contributed by atoms with van der Waals surface area (Å²) in [5.74, 6) is -0.927. The summed E-state index contributed by atoms with van der Waals surface area (Å²) < 4.78 is 19.9. The number of anilines is 1. The third-order valence-electron chi connectivity index (χ3n) is 6.41. The first-order valence-corrected chi connectivity index (χ1v) is 11.3. The summed E-state index contributed by atoms with van der Waals surface area (Å²) in [7, 11) is 0. The summed E-state index contributed by atoms with van der Waals surface area (Å²) in [5.41, 5.74) is 2.90. The van der Waals surface area contributed by atoms with Crippen molar-refractivity contribution < 1.29 is 18.4 Å². The van der Waals surface area contributed by atoms with E-state index in [0.29, 0.717) is 17.8 Å². The van der Waals surface area contributed by atoms with Gasteiger partial charge >= 0.3 is 0 Å². The van der Waals surface area contributed by atoms with E-state index < -0.39 is 11.2 Å². The molecule has 2 heterocycles. The predicted octanol–water partition coefficient (Wildman–Crippen LogP) is 5.98. The van der Waals surface area contributed by atoms with Crippen molar-refractivity contribution in [3.05, 3.63) is 100 Å². The van der Waals surface area contributed by atoms with Crippen LogP contribution in [0.5, 0.6) is 0 Å². The molecule has 0 atom stereocenters. The van der Waals surface area contributed by atoms with Gasteiger partial charge in [0.25, 0.3) is 5.91 Å². The summed E-state index contributed by atoms with van der Waals surface area (Å²) >= 11 is 6.22. The van der Waals surface area contributed by atoms with E-state index in [1.807, 2.05) is 38.1 Å². The van der Waals surface area contributed by atoms with Crippen molar-refractivity contribution in [2.45, 2.75) is 32.4 Å². The molecule has 0 bridgehead atoms. The molecule has 0 aliphatic carbocycles. The lowest BCUT2D eigenvalue weighted by Gasteiger charge is -2.21. The highest BCUT2D eigenvalue weighted by molar-refractivity contribution is 6.31. The number of carbonyl (C=O) groups excluding carboxylic acids is 2. The predicted molar refractivity (Wildman–Crippen MR) is 129 cm³/mol. The number of rotatable bonds is 5. The van der Waals surface area contributed by atoms with Crippen molar-refractivity contribution in [1.29, 1.82) is 0 Å². The van der Waals surface area contributed by atoms with E-state index in [-0.39, 0.29) is 28.9 Å². The number of nitrogens with zero attached hydrogens (tertiary/aromatic N) is 1. The number of carbonyl (C=O) groups is 2. The average molecular weight is 477 g/mol. The van der Waals surface area contributed by atoms with Gasteiger partial charge in [0.15, 0.2) is 0 Å². The number of nitrogens with one attached hydrogen (secondary N) is 1. The number of halogens is 2. The lowest BCUT2D eigenvalue weighted by molar-refractivity contribution is -0.122. The van der Waals surface area contributed by atoms with Gasteiger partial charge in [-0.25, -0.2) is 4.39 Å². The molecule has 0 saturated heterocycles. The first-order valence-electron chi connectivity index (χ1n) is 10.9. The van der Waals surface area contributed by atoms with Crippen molar-refractivity contribution in [3.8, 4) is 0 Å². The second-order valence-electron chi connectivity index (χ2n) is 8.88. The minimum absolute atomic E-state index is 0.0195. The highest BCUT2D eigenvalue weighted by atomic mass is 35.5. The first-order chi connectivity index (χ1) is 16.3. The van der Waals surface area contributed by atoms with E-state index >= 15 is 0 Å². The molecular formula is C27H22ClFN2O3. The van der Waals surface area contributed by atoms with Crippen LogP contribution in [-0.4, -0.2) is 11.8 Å². The van der Waals surface area contributed by atoms with Crippen LogP contribution in [0.3, 0.4) is 0 Å². The van der Waals surface area contributed by atoms with E-state index in [9.17, 15) is 14.0 Å². The van der Waals surface area contributed by atoms with Gasteiger partial charge < -0.3 is 14.6 Å². The van der Waals surface area contributed by atoms with Crippen LogP contribution in [-0.2, 0) is 23.3 Å². The Morgan fingerprint density at radius 3 is 2.71 bits per heavy atom. The molecule has 0 radical (unpaired) electrons. The Morgan fingerprint density at radius 2 is 1.91 bits per heavy atom. The second-order valence-corrected chi connectivity index (χ2v) is 9.29. The maximum Gasteiger partial charge on any atom is 0.251 e. The monoisotopic (exact) mass is 476 g/mol. The Bertz CT molecular complexity index is 1420. The Labute approximate surface area is 201 Å². The highest BCUT2D eigenvalue weighted by Crippen LogP contribution is 2.43. The zero-order valence-corrected chi connectivity index (χ0v) is 19.4. The number of furan rings is 1. The molecule has 0 fully saturated rings. The van der Waals surface area contributed by atoms with Crippen LogP contribution in [0.4, 0.5) is 10.1 Å². The zero-order valence-electron chi connectivity index (χ0n) is 18.7. The lowest BCUT2D eigenvalue weighted by atomic mass is 9.86. The molecule has 0 unspecified atom stereocenters. The molecule has 1 aliphatic heterocycles. The van der Waals surface area contributed by atoms with Gasteiger partial charge in [-0.1, -0.05) is 35.9 Å². The summed E-state index contributed by atoms with van der Waals surface area (Å²) in [4.78, 5) is 27.7. The molecule has 7 heteroatoms. The van der Waals surface area contributed by atoms with Crippen LogP contribution in [0.2, 0.25) is 5.02 Å². The van der Waals surface area contributed by atoms with Crippen molar-refractivity contribution in [1.82, 2.24) is 5.32 Å². The van der Waals surface area contributed by atoms with Gasteiger partial charge in [0, 0.05) is 33.8 Å². The van der Waals surface area contributed by atoms with Gasteiger partial charge in [0.2, 0.25) is 5.91 Å². The summed E-state index contributed by atoms with van der Waals surface area (Å²) in [5, 5.41) is 4.13. The largest absolute Gasteiger partial charge is 0.464 e. The highest BCUT2D eigenvalue weighted by Gasteiger charge is 2.44. The molecule has 34 heavy (non-hydrogen) atoms. The lowest BCUT2D eigenvalue weighted by Crippen LogP contribution is -2.36. The van der Waals surface area contributed by atoms with E-state index in [0.717, 1.165) is 22.1 Å². The van der Waals surface area contributed by atoms with E-state index in [2.05, 4.69) is 5.32 Å². The maximum atomic E-state index is 14.5. The van der Waals surface area contributed by atoms with Crippen LogP contribution < -0.4 is 10.2 Å². The number of benzene rings is 3. The molecule has 4 aromatic rings. The summed E-state index contributed by atoms with van der Waals surface area (Å²) in [6.07, 6.45) is 1.62. The molecule has 2 amide bonds. The second kappa shape index (κ2) is 8.29. The van der Waals surface area contributed by atoms with Gasteiger partial charge in [-0.2, -0.15) is 0 Å². The van der Waals surface area contributed by atoms with Crippen LogP contribution >= 0.6 is 11.6 Å². The Hall–Kier alpha value is -3.64. The number of hydrogen-bond acceptors (Lipinski definition) is 3. The van der Waals surface area contributed by atoms with E-state index in [1.165, 1.54) is 17.0 Å². The van der Waals surface area contributed by atoms with Crippen molar-refractivity contribution in [3.63, 3.8) is 0 Å². The molecule has 3 aromatic carbocycles. The number of hydrogen-bond donors (Lipinski definition) is 1. The third-order valence-corrected chi connectivity index (χ3v) is 6.76. The molecule has 1 aliphatic rings. The third kappa shape index (κ3) is 3.64. The Kier molecular flexibility index (Phi) is 5.41. The van der Waals surface area contributed by atoms with Gasteiger partial charge in [-0.15, -0.1) is 0 Å². The summed E-state index contributed by atoms with van der Waals surface area (Å²) in [6.45, 7) is 3.95. The normalized spacial score (nSPS) is 14.5. The minimum atomic E-state index is -0.807. The Morgan fingerprint density at radius 1 is 1.12 bits per heavy atom. The molecule has 5 nitrogen and oxygen atoms in total. The maximum absolute atomic E-state index is 14.5. The van der Waals surface area contributed by atoms with Crippen LogP contribution in [0.1, 0.15) is 40.9 Å². The quantitative estimate of drug-likeness (QED) is 0.385. The van der Waals surface area contributed by atoms with Gasteiger partial charge in [0.05, 0.1) is 18.2 Å². The summed E-state index contributed by atoms with van der Waals surface area (Å²) in [6, 6.07) is 17.2. The SMILES string of the molecule is CC1(C)C(=O)N(Cc2c(F)cccc2Cl)c2cc(C(=O)NCc3cccc4occc34)ccc21. The smallest absolute Gasteiger partial charge is 0.251 e. The van der Waals surface area contributed by atoms with Crippen molar-refractivity contribution in [2.75, 3.05) is 4.90 Å². The van der Waals surface area contributed by atoms with Crippen LogP contribution in [0.25, 0.3) is 11.0 Å². The fourth-order valence-corrected chi connectivity index (χ4v) is 4.70. The molecule has 1 N–H and O–H groups in total. The van der Waals surface area contributed by atoms with Gasteiger partial charge in [-0.05, 0) is 61.4 Å². The van der Waals surface area contributed by atoms with Gasteiger partial charge in [-0.3, -0.25) is 9.59 Å². The van der Waals surface area contributed by atoms with Crippen molar-refractivity contribution in [2.24, 2.45) is 0 Å². The topological polar surface area (TPSA) is 62.6 Å². The molecule has 0 spiro atoms. The standard InChI is InChI=1S/C27H22ClFN2O3/c1-27(2)20-10-9-16(25(32)30-14-17-5-3-8-24-18(17)11-12-34-24)13-23(20)31(26(27)33)15-19-21(28)6-4-7-22(19)29/h3-13H,14-15H2,1-2H3,(H,30,32). The number of amides is 2. The molecule has 5 rings (SSSR count). The minimum Gasteiger partial charge on any atom is -0.464 e. The van der Waals surface area contributed by atoms with E-state index in [4.69, 9.17) is 16.0 Å². The van der Waals surface area contributed by atoms with Crippen LogP contribution in [0, 0.1) is 5.82 Å². The average Bonchev–Trinajstić information content (AvgIpc) is 3.37. The zero-order chi connectivity index (χ0) is 24.0. The van der Waals surface area contributed by atoms with E-state index in [1.54, 1.807) is 30.5 Å². The van der Waals surface area contributed by atoms with Crippen molar-refractivity contribution >= 4 is 40.1 Å². The molecule has 0 saturated carbocycles. The molecule has 1 aromatic heterocycles. The first kappa shape index (κ1) is 22.2. The molecular weight excluding hydrogens is 455 g/mol. The van der Waals surface area contributed by atoms with Crippen LogP contribution in [0.15, 0.2) is 71.3 Å². The van der Waals surface area contributed by atoms with Gasteiger partial charge in [0.1, 0.15) is 11.4 Å².